The summed E-state index contributed by atoms with van der Waals surface area (Å²) in [6, 6.07) is 11.6. The van der Waals surface area contributed by atoms with Crippen molar-refractivity contribution in [1.29, 1.82) is 0 Å². The van der Waals surface area contributed by atoms with Gasteiger partial charge in [-0.25, -0.2) is 0 Å². The molecule has 0 aliphatic heterocycles. The standard InChI is InChI=1S/C16H17ClN2O3/c1-16(2,3)18-13-10-11(8-9-14(13)19(20)21)22-15-7-5-4-6-12(15)17/h4-10,18H,1-3H3. The molecule has 0 fully saturated rings. The second kappa shape index (κ2) is 6.23. The third-order valence-corrected chi connectivity index (χ3v) is 3.05. The van der Waals surface area contributed by atoms with Crippen LogP contribution in [-0.2, 0) is 0 Å². The molecule has 0 amide bonds. The molecule has 2 aromatic carbocycles. The lowest BCUT2D eigenvalue weighted by atomic mass is 10.1. The van der Waals surface area contributed by atoms with Crippen LogP contribution in [0.15, 0.2) is 42.5 Å². The van der Waals surface area contributed by atoms with Gasteiger partial charge in [0, 0.05) is 17.7 Å². The van der Waals surface area contributed by atoms with E-state index in [9.17, 15) is 10.1 Å². The van der Waals surface area contributed by atoms with Crippen LogP contribution in [0.25, 0.3) is 0 Å². The Morgan fingerprint density at radius 3 is 2.45 bits per heavy atom. The van der Waals surface area contributed by atoms with E-state index in [0.29, 0.717) is 22.2 Å². The van der Waals surface area contributed by atoms with Crippen LogP contribution in [0.1, 0.15) is 20.8 Å². The number of hydrogen-bond acceptors (Lipinski definition) is 4. The first-order chi connectivity index (χ1) is 10.3. The van der Waals surface area contributed by atoms with Crippen LogP contribution in [-0.4, -0.2) is 10.5 Å². The molecule has 0 aliphatic rings. The highest BCUT2D eigenvalue weighted by atomic mass is 35.5. The van der Waals surface area contributed by atoms with E-state index in [-0.39, 0.29) is 11.2 Å². The highest BCUT2D eigenvalue weighted by Gasteiger charge is 2.20. The molecule has 0 heterocycles. The number of para-hydroxylation sites is 1. The predicted octanol–water partition coefficient (Wildman–Crippen LogP) is 5.25. The summed E-state index contributed by atoms with van der Waals surface area (Å²) in [4.78, 5) is 10.7. The Kier molecular flexibility index (Phi) is 4.56. The number of nitro groups is 1. The van der Waals surface area contributed by atoms with E-state index in [1.807, 2.05) is 20.8 Å². The number of nitro benzene ring substituents is 1. The Balaban J connectivity index is 2.36. The molecule has 116 valence electrons. The normalized spacial score (nSPS) is 11.1. The van der Waals surface area contributed by atoms with Crippen molar-refractivity contribution in [2.45, 2.75) is 26.3 Å². The second-order valence-electron chi connectivity index (χ2n) is 5.84. The van der Waals surface area contributed by atoms with Gasteiger partial charge in [0.2, 0.25) is 0 Å². The van der Waals surface area contributed by atoms with Crippen LogP contribution in [0, 0.1) is 10.1 Å². The van der Waals surface area contributed by atoms with Crippen LogP contribution in [0.2, 0.25) is 5.02 Å². The van der Waals surface area contributed by atoms with Crippen molar-refractivity contribution in [2.75, 3.05) is 5.32 Å². The van der Waals surface area contributed by atoms with Gasteiger partial charge in [-0.1, -0.05) is 23.7 Å². The zero-order valence-electron chi connectivity index (χ0n) is 12.6. The van der Waals surface area contributed by atoms with Crippen molar-refractivity contribution >= 4 is 23.0 Å². The molecule has 0 aliphatic carbocycles. The zero-order chi connectivity index (χ0) is 16.3. The second-order valence-corrected chi connectivity index (χ2v) is 6.25. The average Bonchev–Trinajstić information content (AvgIpc) is 2.39. The molecule has 0 saturated heterocycles. The molecule has 1 N–H and O–H groups in total. The molecule has 0 saturated carbocycles. The Hall–Kier alpha value is -2.27. The largest absolute Gasteiger partial charge is 0.456 e. The number of ether oxygens (including phenoxy) is 1. The van der Waals surface area contributed by atoms with Gasteiger partial charge in [0.25, 0.3) is 5.69 Å². The monoisotopic (exact) mass is 320 g/mol. The van der Waals surface area contributed by atoms with Crippen LogP contribution < -0.4 is 10.1 Å². The number of rotatable bonds is 4. The molecule has 0 bridgehead atoms. The summed E-state index contributed by atoms with van der Waals surface area (Å²) in [5.41, 5.74) is 0.0943. The van der Waals surface area contributed by atoms with E-state index in [4.69, 9.17) is 16.3 Å². The molecule has 2 rings (SSSR count). The topological polar surface area (TPSA) is 64.4 Å². The highest BCUT2D eigenvalue weighted by Crippen LogP contribution is 2.35. The minimum atomic E-state index is -0.423. The molecular formula is C16H17ClN2O3. The fourth-order valence-electron chi connectivity index (χ4n) is 1.90. The quantitative estimate of drug-likeness (QED) is 0.617. The van der Waals surface area contributed by atoms with E-state index in [2.05, 4.69) is 5.32 Å². The summed E-state index contributed by atoms with van der Waals surface area (Å²) in [5, 5.41) is 14.7. The summed E-state index contributed by atoms with van der Waals surface area (Å²) < 4.78 is 5.70. The number of hydrogen-bond donors (Lipinski definition) is 1. The summed E-state index contributed by atoms with van der Waals surface area (Å²) >= 11 is 6.05. The van der Waals surface area contributed by atoms with Crippen molar-refractivity contribution in [1.82, 2.24) is 0 Å². The first kappa shape index (κ1) is 16.1. The van der Waals surface area contributed by atoms with Crippen LogP contribution in [0.4, 0.5) is 11.4 Å². The fourth-order valence-corrected chi connectivity index (χ4v) is 2.07. The lowest BCUT2D eigenvalue weighted by Gasteiger charge is -2.22. The predicted molar refractivity (Wildman–Crippen MR) is 88.0 cm³/mol. The van der Waals surface area contributed by atoms with Gasteiger partial charge in [-0.05, 0) is 39.0 Å². The van der Waals surface area contributed by atoms with Crippen LogP contribution >= 0.6 is 11.6 Å². The molecule has 22 heavy (non-hydrogen) atoms. The van der Waals surface area contributed by atoms with Gasteiger partial charge in [0.05, 0.1) is 9.95 Å². The van der Waals surface area contributed by atoms with E-state index < -0.39 is 4.92 Å². The molecule has 0 unspecified atom stereocenters. The third kappa shape index (κ3) is 4.11. The van der Waals surface area contributed by atoms with E-state index in [1.54, 1.807) is 36.4 Å². The molecule has 5 nitrogen and oxygen atoms in total. The Morgan fingerprint density at radius 2 is 1.86 bits per heavy atom. The maximum absolute atomic E-state index is 11.1. The average molecular weight is 321 g/mol. The molecule has 2 aromatic rings. The van der Waals surface area contributed by atoms with Crippen molar-refractivity contribution < 1.29 is 9.66 Å². The lowest BCUT2D eigenvalue weighted by molar-refractivity contribution is -0.384. The maximum Gasteiger partial charge on any atom is 0.292 e. The minimum absolute atomic E-state index is 0.00133. The lowest BCUT2D eigenvalue weighted by Crippen LogP contribution is -2.26. The van der Waals surface area contributed by atoms with Crippen molar-refractivity contribution in [2.24, 2.45) is 0 Å². The Labute approximate surface area is 134 Å². The van der Waals surface area contributed by atoms with Gasteiger partial charge in [-0.3, -0.25) is 10.1 Å². The summed E-state index contributed by atoms with van der Waals surface area (Å²) in [6.07, 6.45) is 0. The van der Waals surface area contributed by atoms with E-state index >= 15 is 0 Å². The van der Waals surface area contributed by atoms with Gasteiger partial charge in [-0.2, -0.15) is 0 Å². The molecule has 0 spiro atoms. The number of nitrogens with one attached hydrogen (secondary N) is 1. The maximum atomic E-state index is 11.1. The first-order valence-corrected chi connectivity index (χ1v) is 7.13. The van der Waals surface area contributed by atoms with Crippen molar-refractivity contribution in [3.8, 4) is 11.5 Å². The Bertz CT molecular complexity index is 696. The minimum Gasteiger partial charge on any atom is -0.456 e. The smallest absolute Gasteiger partial charge is 0.292 e. The first-order valence-electron chi connectivity index (χ1n) is 6.75. The van der Waals surface area contributed by atoms with E-state index in [0.717, 1.165) is 0 Å². The number of anilines is 1. The van der Waals surface area contributed by atoms with E-state index in [1.165, 1.54) is 6.07 Å². The van der Waals surface area contributed by atoms with Crippen LogP contribution in [0.5, 0.6) is 11.5 Å². The Morgan fingerprint density at radius 1 is 1.18 bits per heavy atom. The number of halogens is 1. The summed E-state index contributed by atoms with van der Waals surface area (Å²) in [7, 11) is 0. The molecule has 0 atom stereocenters. The summed E-state index contributed by atoms with van der Waals surface area (Å²) in [5.74, 6) is 0.977. The highest BCUT2D eigenvalue weighted by molar-refractivity contribution is 6.32. The molecule has 6 heteroatoms. The molecule has 0 aromatic heterocycles. The SMILES string of the molecule is CC(C)(C)Nc1cc(Oc2ccccc2Cl)ccc1[N+](=O)[O-]. The van der Waals surface area contributed by atoms with Gasteiger partial charge < -0.3 is 10.1 Å². The third-order valence-electron chi connectivity index (χ3n) is 2.74. The van der Waals surface area contributed by atoms with Gasteiger partial charge in [0.1, 0.15) is 17.2 Å². The number of benzene rings is 2. The van der Waals surface area contributed by atoms with Gasteiger partial charge in [-0.15, -0.1) is 0 Å². The van der Waals surface area contributed by atoms with Crippen molar-refractivity contribution in [3.05, 3.63) is 57.6 Å². The number of nitrogens with zero attached hydrogens (tertiary/aromatic N) is 1. The zero-order valence-corrected chi connectivity index (χ0v) is 13.3. The fraction of sp³-hybridized carbons (Fsp3) is 0.250. The molecule has 0 radical (unpaired) electrons. The van der Waals surface area contributed by atoms with Crippen molar-refractivity contribution in [3.63, 3.8) is 0 Å². The van der Waals surface area contributed by atoms with Gasteiger partial charge >= 0.3 is 0 Å². The van der Waals surface area contributed by atoms with Crippen LogP contribution in [0.3, 0.4) is 0 Å². The van der Waals surface area contributed by atoms with Gasteiger partial charge in [0.15, 0.2) is 0 Å². The summed E-state index contributed by atoms with van der Waals surface area (Å²) in [6.45, 7) is 5.79. The molecular weight excluding hydrogens is 304 g/mol.